The van der Waals surface area contributed by atoms with Crippen molar-refractivity contribution in [1.29, 1.82) is 0 Å². The van der Waals surface area contributed by atoms with Gasteiger partial charge in [-0.3, -0.25) is 9.59 Å². The van der Waals surface area contributed by atoms with Crippen LogP contribution < -0.4 is 10.3 Å². The lowest BCUT2D eigenvalue weighted by atomic mass is 9.93. The van der Waals surface area contributed by atoms with Crippen molar-refractivity contribution in [2.75, 3.05) is 14.2 Å². The maximum absolute atomic E-state index is 13.3. The van der Waals surface area contributed by atoms with Crippen molar-refractivity contribution < 1.29 is 27.4 Å². The summed E-state index contributed by atoms with van der Waals surface area (Å²) in [6.45, 7) is 0. The van der Waals surface area contributed by atoms with Crippen molar-refractivity contribution in [3.05, 3.63) is 62.9 Å². The number of methoxy groups -OCH3 is 2. The van der Waals surface area contributed by atoms with Gasteiger partial charge in [0.15, 0.2) is 0 Å². The van der Waals surface area contributed by atoms with Crippen LogP contribution in [-0.2, 0) is 22.1 Å². The normalized spacial score (nSPS) is 11.5. The topological polar surface area (TPSA) is 68.4 Å². The number of H-pyrrole nitrogens is 1. The number of aromatic amines is 1. The van der Waals surface area contributed by atoms with Gasteiger partial charge in [0.05, 0.1) is 26.2 Å². The van der Waals surface area contributed by atoms with Crippen LogP contribution in [0.15, 0.2) is 41.2 Å². The van der Waals surface area contributed by atoms with Gasteiger partial charge in [0.1, 0.15) is 5.75 Å². The Hall–Kier alpha value is -3.00. The molecule has 1 aromatic heterocycles. The molecule has 3 rings (SSSR count). The second-order valence-electron chi connectivity index (χ2n) is 6.16. The number of carbonyl (C=O) groups excluding carboxylic acids is 1. The number of pyridine rings is 1. The van der Waals surface area contributed by atoms with Gasteiger partial charge in [-0.05, 0) is 36.4 Å². The quantitative estimate of drug-likeness (QED) is 0.621. The fourth-order valence-electron chi connectivity index (χ4n) is 3.08. The number of ether oxygens (including phenoxy) is 2. The largest absolute Gasteiger partial charge is 0.496 e. The van der Waals surface area contributed by atoms with E-state index in [0.29, 0.717) is 0 Å². The van der Waals surface area contributed by atoms with E-state index in [1.54, 1.807) is 6.07 Å². The molecule has 0 bridgehead atoms. The monoisotopic (exact) mass is 425 g/mol. The summed E-state index contributed by atoms with van der Waals surface area (Å²) in [5.41, 5.74) is -0.991. The van der Waals surface area contributed by atoms with Gasteiger partial charge in [0, 0.05) is 32.6 Å². The highest BCUT2D eigenvalue weighted by atomic mass is 35.5. The van der Waals surface area contributed by atoms with Gasteiger partial charge in [0.2, 0.25) is 0 Å². The van der Waals surface area contributed by atoms with Gasteiger partial charge in [-0.1, -0.05) is 11.6 Å². The summed E-state index contributed by atoms with van der Waals surface area (Å²) in [5.74, 6) is -0.436. The number of nitrogens with one attached hydrogen (secondary N) is 1. The third-order valence-electron chi connectivity index (χ3n) is 4.42. The second-order valence-corrected chi connectivity index (χ2v) is 6.60. The van der Waals surface area contributed by atoms with Crippen molar-refractivity contribution in [2.45, 2.75) is 12.6 Å². The van der Waals surface area contributed by atoms with Gasteiger partial charge < -0.3 is 14.5 Å². The van der Waals surface area contributed by atoms with Crippen LogP contribution in [0.25, 0.3) is 22.0 Å². The molecule has 5 nitrogen and oxygen atoms in total. The molecule has 2 aromatic carbocycles. The number of benzene rings is 2. The summed E-state index contributed by atoms with van der Waals surface area (Å²) in [4.78, 5) is 27.1. The molecule has 1 heterocycles. The lowest BCUT2D eigenvalue weighted by Gasteiger charge is -2.17. The molecule has 9 heteroatoms. The highest BCUT2D eigenvalue weighted by molar-refractivity contribution is 6.31. The Morgan fingerprint density at radius 3 is 2.48 bits per heavy atom. The Morgan fingerprint density at radius 1 is 1.14 bits per heavy atom. The maximum atomic E-state index is 13.3. The SMILES string of the molecule is COC(=O)Cc1c(-c2cc(Cl)ccc2OC)c2cc(C(F)(F)F)ccc2[nH]c1=O. The van der Waals surface area contributed by atoms with Gasteiger partial charge in [-0.2, -0.15) is 13.2 Å². The van der Waals surface area contributed by atoms with Crippen LogP contribution in [0, 0.1) is 0 Å². The van der Waals surface area contributed by atoms with E-state index in [1.165, 1.54) is 25.3 Å². The van der Waals surface area contributed by atoms with Crippen molar-refractivity contribution >= 4 is 28.5 Å². The van der Waals surface area contributed by atoms with E-state index in [1.807, 2.05) is 0 Å². The summed E-state index contributed by atoms with van der Waals surface area (Å²) < 4.78 is 49.9. The number of rotatable bonds is 4. The van der Waals surface area contributed by atoms with Crippen molar-refractivity contribution in [3.8, 4) is 16.9 Å². The molecule has 0 saturated heterocycles. The first-order valence-electron chi connectivity index (χ1n) is 8.32. The van der Waals surface area contributed by atoms with E-state index < -0.39 is 29.7 Å². The predicted molar refractivity (Wildman–Crippen MR) is 102 cm³/mol. The zero-order valence-electron chi connectivity index (χ0n) is 15.3. The summed E-state index contributed by atoms with van der Waals surface area (Å²) in [5, 5.41) is 0.379. The van der Waals surface area contributed by atoms with E-state index in [0.717, 1.165) is 19.2 Å². The highest BCUT2D eigenvalue weighted by Gasteiger charge is 2.31. The number of fused-ring (bicyclic) bond motifs is 1. The predicted octanol–water partition coefficient (Wildman–Crippen LogP) is 4.59. The summed E-state index contributed by atoms with van der Waals surface area (Å²) in [6, 6.07) is 7.50. The minimum absolute atomic E-state index is 0.0516. The standard InChI is InChI=1S/C20H15ClF3NO4/c1-28-16-6-4-11(21)8-13(16)18-12-7-10(20(22,23)24)3-5-15(12)25-19(27)14(18)9-17(26)29-2/h3-8H,9H2,1-2H3,(H,25,27). The molecular weight excluding hydrogens is 411 g/mol. The number of halogens is 4. The Labute approximate surface area is 168 Å². The van der Waals surface area contributed by atoms with Crippen molar-refractivity contribution in [2.24, 2.45) is 0 Å². The average Bonchev–Trinajstić information content (AvgIpc) is 2.67. The van der Waals surface area contributed by atoms with E-state index in [2.05, 4.69) is 9.72 Å². The highest BCUT2D eigenvalue weighted by Crippen LogP contribution is 2.40. The Morgan fingerprint density at radius 2 is 1.86 bits per heavy atom. The molecule has 29 heavy (non-hydrogen) atoms. The fourth-order valence-corrected chi connectivity index (χ4v) is 3.25. The smallest absolute Gasteiger partial charge is 0.416 e. The lowest BCUT2D eigenvalue weighted by molar-refractivity contribution is -0.140. The molecular formula is C20H15ClF3NO4. The zero-order chi connectivity index (χ0) is 21.3. The molecule has 3 aromatic rings. The minimum atomic E-state index is -4.59. The molecule has 0 amide bonds. The van der Waals surface area contributed by atoms with Gasteiger partial charge in [-0.15, -0.1) is 0 Å². The first-order chi connectivity index (χ1) is 13.7. The van der Waals surface area contributed by atoms with Crippen molar-refractivity contribution in [3.63, 3.8) is 0 Å². The van der Waals surface area contributed by atoms with Crippen LogP contribution in [0.2, 0.25) is 5.02 Å². The van der Waals surface area contributed by atoms with Crippen LogP contribution >= 0.6 is 11.6 Å². The first kappa shape index (κ1) is 20.7. The lowest BCUT2D eigenvalue weighted by Crippen LogP contribution is -2.19. The van der Waals surface area contributed by atoms with Gasteiger partial charge >= 0.3 is 12.1 Å². The Bertz CT molecular complexity index is 1150. The molecule has 0 fully saturated rings. The molecule has 0 atom stereocenters. The maximum Gasteiger partial charge on any atom is 0.416 e. The molecule has 0 spiro atoms. The summed E-state index contributed by atoms with van der Waals surface area (Å²) in [6.07, 6.45) is -5.04. The zero-order valence-corrected chi connectivity index (χ0v) is 16.1. The van der Waals surface area contributed by atoms with E-state index in [4.69, 9.17) is 16.3 Å². The number of esters is 1. The number of carbonyl (C=O) groups is 1. The number of alkyl halides is 3. The van der Waals surface area contributed by atoms with E-state index in [9.17, 15) is 22.8 Å². The summed E-state index contributed by atoms with van der Waals surface area (Å²) in [7, 11) is 2.53. The molecule has 0 aliphatic rings. The number of hydrogen-bond donors (Lipinski definition) is 1. The minimum Gasteiger partial charge on any atom is -0.496 e. The summed E-state index contributed by atoms with van der Waals surface area (Å²) >= 11 is 6.09. The van der Waals surface area contributed by atoms with Crippen LogP contribution in [0.5, 0.6) is 5.75 Å². The van der Waals surface area contributed by atoms with E-state index >= 15 is 0 Å². The average molecular weight is 426 g/mol. The molecule has 0 aliphatic carbocycles. The Kier molecular flexibility index (Phi) is 5.57. The molecule has 1 N–H and O–H groups in total. The van der Waals surface area contributed by atoms with Crippen LogP contribution in [0.4, 0.5) is 13.2 Å². The first-order valence-corrected chi connectivity index (χ1v) is 8.70. The van der Waals surface area contributed by atoms with Crippen LogP contribution in [0.1, 0.15) is 11.1 Å². The third kappa shape index (κ3) is 4.07. The van der Waals surface area contributed by atoms with Gasteiger partial charge in [-0.25, -0.2) is 0 Å². The molecule has 0 aliphatic heterocycles. The number of aromatic nitrogens is 1. The molecule has 0 unspecified atom stereocenters. The molecule has 0 radical (unpaired) electrons. The number of hydrogen-bond acceptors (Lipinski definition) is 4. The van der Waals surface area contributed by atoms with Crippen LogP contribution in [0.3, 0.4) is 0 Å². The van der Waals surface area contributed by atoms with Gasteiger partial charge in [0.25, 0.3) is 5.56 Å². The molecule has 0 saturated carbocycles. The molecule has 152 valence electrons. The second kappa shape index (κ2) is 7.79. The Balaban J connectivity index is 2.48. The fraction of sp³-hybridized carbons (Fsp3) is 0.200. The third-order valence-corrected chi connectivity index (χ3v) is 4.66. The van der Waals surface area contributed by atoms with E-state index in [-0.39, 0.29) is 38.4 Å². The van der Waals surface area contributed by atoms with Crippen LogP contribution in [-0.4, -0.2) is 25.2 Å². The van der Waals surface area contributed by atoms with Crippen molar-refractivity contribution in [1.82, 2.24) is 4.98 Å².